The minimum absolute atomic E-state index is 0.119. The Hall–Kier alpha value is -2.18. The average molecular weight is 402 g/mol. The van der Waals surface area contributed by atoms with Crippen LogP contribution >= 0.6 is 27.3 Å². The summed E-state index contributed by atoms with van der Waals surface area (Å²) in [6.45, 7) is 4.05. The van der Waals surface area contributed by atoms with Crippen molar-refractivity contribution in [3.05, 3.63) is 68.5 Å². The Balaban J connectivity index is 1.88. The van der Waals surface area contributed by atoms with Gasteiger partial charge in [0, 0.05) is 15.7 Å². The summed E-state index contributed by atoms with van der Waals surface area (Å²) in [6.07, 6.45) is 0. The molecule has 0 bridgehead atoms. The maximum absolute atomic E-state index is 12.6. The van der Waals surface area contributed by atoms with Gasteiger partial charge in [0.05, 0.1) is 0 Å². The highest BCUT2D eigenvalue weighted by atomic mass is 79.9. The van der Waals surface area contributed by atoms with Gasteiger partial charge >= 0.3 is 0 Å². The van der Waals surface area contributed by atoms with E-state index in [-0.39, 0.29) is 11.6 Å². The minimum Gasteiger partial charge on any atom is -0.382 e. The summed E-state index contributed by atoms with van der Waals surface area (Å²) in [7, 11) is 0. The standard InChI is InChI=1S/C18H16BrN3OS/c1-10-3-4-11(2)14(9-10)21-18-22-17(20)16(24-18)15(23)12-5-7-13(19)8-6-12/h3-9H,20H2,1-2H3,(H,21,22). The largest absolute Gasteiger partial charge is 0.382 e. The van der Waals surface area contributed by atoms with Gasteiger partial charge in [-0.2, -0.15) is 0 Å². The molecular formula is C18H16BrN3OS. The predicted octanol–water partition coefficient (Wildman–Crippen LogP) is 5.08. The first-order valence-electron chi connectivity index (χ1n) is 7.35. The normalized spacial score (nSPS) is 10.6. The number of nitrogens with one attached hydrogen (secondary N) is 1. The molecular weight excluding hydrogens is 386 g/mol. The summed E-state index contributed by atoms with van der Waals surface area (Å²) in [6, 6.07) is 13.3. The summed E-state index contributed by atoms with van der Waals surface area (Å²) in [5.41, 5.74) is 9.77. The number of nitrogens with two attached hydrogens (primary N) is 1. The van der Waals surface area contributed by atoms with E-state index in [1.54, 1.807) is 12.1 Å². The highest BCUT2D eigenvalue weighted by Crippen LogP contribution is 2.31. The fourth-order valence-electron chi connectivity index (χ4n) is 2.27. The van der Waals surface area contributed by atoms with Crippen LogP contribution in [0.4, 0.5) is 16.6 Å². The van der Waals surface area contributed by atoms with Gasteiger partial charge in [0.2, 0.25) is 5.78 Å². The van der Waals surface area contributed by atoms with E-state index < -0.39 is 0 Å². The van der Waals surface area contributed by atoms with Crippen molar-refractivity contribution in [1.29, 1.82) is 0 Å². The molecule has 4 nitrogen and oxygen atoms in total. The van der Waals surface area contributed by atoms with Crippen LogP contribution in [0.5, 0.6) is 0 Å². The van der Waals surface area contributed by atoms with Gasteiger partial charge in [-0.3, -0.25) is 4.79 Å². The number of carbonyl (C=O) groups is 1. The first-order valence-corrected chi connectivity index (χ1v) is 8.96. The maximum Gasteiger partial charge on any atom is 0.206 e. The van der Waals surface area contributed by atoms with Crippen molar-refractivity contribution in [2.75, 3.05) is 11.1 Å². The van der Waals surface area contributed by atoms with Gasteiger partial charge in [-0.25, -0.2) is 4.98 Å². The van der Waals surface area contributed by atoms with E-state index in [1.165, 1.54) is 11.3 Å². The molecule has 1 heterocycles. The molecule has 3 aromatic rings. The molecule has 0 aliphatic carbocycles. The molecule has 0 atom stereocenters. The van der Waals surface area contributed by atoms with Crippen LogP contribution in [0.15, 0.2) is 46.9 Å². The van der Waals surface area contributed by atoms with Crippen LogP contribution in [0, 0.1) is 13.8 Å². The number of hydrogen-bond acceptors (Lipinski definition) is 5. The van der Waals surface area contributed by atoms with E-state index in [0.717, 1.165) is 21.3 Å². The second kappa shape index (κ2) is 6.75. The monoisotopic (exact) mass is 401 g/mol. The molecule has 0 amide bonds. The molecule has 0 aliphatic heterocycles. The van der Waals surface area contributed by atoms with Gasteiger partial charge in [-0.1, -0.05) is 39.4 Å². The van der Waals surface area contributed by atoms with Crippen molar-refractivity contribution in [1.82, 2.24) is 4.98 Å². The molecule has 24 heavy (non-hydrogen) atoms. The summed E-state index contributed by atoms with van der Waals surface area (Å²) in [4.78, 5) is 17.4. The zero-order valence-corrected chi connectivity index (χ0v) is 15.7. The van der Waals surface area contributed by atoms with Crippen LogP contribution in [0.1, 0.15) is 26.4 Å². The van der Waals surface area contributed by atoms with Gasteiger partial charge in [0.1, 0.15) is 10.7 Å². The number of thiazole rings is 1. The minimum atomic E-state index is -0.119. The number of halogens is 1. The fraction of sp³-hybridized carbons (Fsp3) is 0.111. The molecule has 0 saturated carbocycles. The van der Waals surface area contributed by atoms with Crippen molar-refractivity contribution in [3.63, 3.8) is 0 Å². The second-order valence-electron chi connectivity index (χ2n) is 5.51. The summed E-state index contributed by atoms with van der Waals surface area (Å²) >= 11 is 4.63. The molecule has 1 aromatic heterocycles. The average Bonchev–Trinajstić information content (AvgIpc) is 2.91. The van der Waals surface area contributed by atoms with Crippen molar-refractivity contribution in [3.8, 4) is 0 Å². The van der Waals surface area contributed by atoms with Crippen LogP contribution in [0.3, 0.4) is 0 Å². The molecule has 0 fully saturated rings. The van der Waals surface area contributed by atoms with Gasteiger partial charge < -0.3 is 11.1 Å². The Kier molecular flexibility index (Phi) is 4.69. The lowest BCUT2D eigenvalue weighted by atomic mass is 10.1. The highest BCUT2D eigenvalue weighted by Gasteiger charge is 2.18. The molecule has 2 aromatic carbocycles. The number of aromatic nitrogens is 1. The molecule has 0 radical (unpaired) electrons. The smallest absolute Gasteiger partial charge is 0.206 e. The second-order valence-corrected chi connectivity index (χ2v) is 7.43. The number of carbonyl (C=O) groups excluding carboxylic acids is 1. The highest BCUT2D eigenvalue weighted by molar-refractivity contribution is 9.10. The topological polar surface area (TPSA) is 68.0 Å². The Bertz CT molecular complexity index is 903. The number of benzene rings is 2. The number of anilines is 3. The Morgan fingerprint density at radius 1 is 1.17 bits per heavy atom. The van der Waals surface area contributed by atoms with Gasteiger partial charge in [-0.15, -0.1) is 0 Å². The van der Waals surface area contributed by atoms with E-state index in [0.29, 0.717) is 15.6 Å². The summed E-state index contributed by atoms with van der Waals surface area (Å²) in [5.74, 6) is 0.132. The van der Waals surface area contributed by atoms with Gasteiger partial charge in [0.25, 0.3) is 0 Å². The quantitative estimate of drug-likeness (QED) is 0.598. The maximum atomic E-state index is 12.6. The fourth-order valence-corrected chi connectivity index (χ4v) is 3.39. The zero-order valence-electron chi connectivity index (χ0n) is 13.3. The molecule has 122 valence electrons. The molecule has 6 heteroatoms. The van der Waals surface area contributed by atoms with Crippen LogP contribution < -0.4 is 11.1 Å². The van der Waals surface area contributed by atoms with Crippen molar-refractivity contribution in [2.24, 2.45) is 0 Å². The number of hydrogen-bond donors (Lipinski definition) is 2. The van der Waals surface area contributed by atoms with Crippen molar-refractivity contribution < 1.29 is 4.79 Å². The molecule has 0 saturated heterocycles. The SMILES string of the molecule is Cc1ccc(C)c(Nc2nc(N)c(C(=O)c3ccc(Br)cc3)s2)c1. The number of aryl methyl sites for hydroxylation is 2. The van der Waals surface area contributed by atoms with Gasteiger partial charge in [0.15, 0.2) is 5.13 Å². The van der Waals surface area contributed by atoms with Crippen LogP contribution in [-0.2, 0) is 0 Å². The first-order chi connectivity index (χ1) is 11.4. The Labute approximate surface area is 152 Å². The molecule has 0 unspecified atom stereocenters. The number of nitrogen functional groups attached to an aromatic ring is 1. The molecule has 0 spiro atoms. The Morgan fingerprint density at radius 2 is 1.88 bits per heavy atom. The van der Waals surface area contributed by atoms with E-state index in [4.69, 9.17) is 5.73 Å². The predicted molar refractivity (Wildman–Crippen MR) is 103 cm³/mol. The third kappa shape index (κ3) is 3.49. The first kappa shape index (κ1) is 16.7. The Morgan fingerprint density at radius 3 is 2.58 bits per heavy atom. The number of nitrogens with zero attached hydrogens (tertiary/aromatic N) is 1. The van der Waals surface area contributed by atoms with E-state index in [9.17, 15) is 4.79 Å². The lowest BCUT2D eigenvalue weighted by molar-refractivity contribution is 0.104. The van der Waals surface area contributed by atoms with Gasteiger partial charge in [-0.05, 0) is 55.3 Å². The van der Waals surface area contributed by atoms with Crippen LogP contribution in [0.2, 0.25) is 0 Å². The van der Waals surface area contributed by atoms with Crippen molar-refractivity contribution >= 4 is 49.7 Å². The van der Waals surface area contributed by atoms with E-state index >= 15 is 0 Å². The summed E-state index contributed by atoms with van der Waals surface area (Å²) in [5, 5.41) is 3.87. The third-order valence-electron chi connectivity index (χ3n) is 3.60. The summed E-state index contributed by atoms with van der Waals surface area (Å²) < 4.78 is 0.925. The zero-order chi connectivity index (χ0) is 17.3. The lowest BCUT2D eigenvalue weighted by Gasteiger charge is -2.07. The van der Waals surface area contributed by atoms with Crippen LogP contribution in [-0.4, -0.2) is 10.8 Å². The van der Waals surface area contributed by atoms with Crippen LogP contribution in [0.25, 0.3) is 0 Å². The molecule has 3 N–H and O–H groups in total. The number of ketones is 1. The van der Waals surface area contributed by atoms with E-state index in [1.807, 2.05) is 38.1 Å². The number of rotatable bonds is 4. The van der Waals surface area contributed by atoms with E-state index in [2.05, 4.69) is 32.3 Å². The van der Waals surface area contributed by atoms with Crippen molar-refractivity contribution in [2.45, 2.75) is 13.8 Å². The third-order valence-corrected chi connectivity index (χ3v) is 5.11. The molecule has 3 rings (SSSR count). The molecule has 0 aliphatic rings. The lowest BCUT2D eigenvalue weighted by Crippen LogP contribution is -2.02.